The first-order valence-corrected chi connectivity index (χ1v) is 15.0. The van der Waals surface area contributed by atoms with E-state index in [-0.39, 0.29) is 6.04 Å². The van der Waals surface area contributed by atoms with Crippen LogP contribution in [0.1, 0.15) is 28.4 Å². The SMILES string of the molecule is C1=CC2=C(c3ccc(-c4ccc5ccccc5c4C4N=C(c5ccccc5)NC(c5ccccc5)=N4)cc3)C=CNC2C=C1. The van der Waals surface area contributed by atoms with E-state index in [1.165, 1.54) is 22.1 Å². The maximum Gasteiger partial charge on any atom is 0.170 e. The summed E-state index contributed by atoms with van der Waals surface area (Å²) in [6.07, 6.45) is 12.4. The molecule has 4 heteroatoms. The van der Waals surface area contributed by atoms with Gasteiger partial charge in [0.05, 0.1) is 6.04 Å². The zero-order chi connectivity index (χ0) is 29.3. The fraction of sp³-hybridized carbons (Fsp3) is 0.0500. The Balaban J connectivity index is 1.28. The molecule has 0 saturated carbocycles. The van der Waals surface area contributed by atoms with Gasteiger partial charge in [-0.25, -0.2) is 9.98 Å². The number of rotatable bonds is 5. The van der Waals surface area contributed by atoms with E-state index < -0.39 is 6.17 Å². The number of nitrogens with one attached hydrogen (secondary N) is 2. The second kappa shape index (κ2) is 11.2. The van der Waals surface area contributed by atoms with Gasteiger partial charge in [-0.1, -0.05) is 146 Å². The molecule has 1 unspecified atom stereocenters. The van der Waals surface area contributed by atoms with E-state index >= 15 is 0 Å². The molecule has 5 aromatic rings. The average Bonchev–Trinajstić information content (AvgIpc) is 3.11. The number of amidine groups is 2. The molecular formula is C40H30N4. The third-order valence-electron chi connectivity index (χ3n) is 8.43. The Labute approximate surface area is 257 Å². The molecule has 0 bridgehead atoms. The van der Waals surface area contributed by atoms with Gasteiger partial charge in [0.15, 0.2) is 6.17 Å². The lowest BCUT2D eigenvalue weighted by Gasteiger charge is -2.25. The molecule has 0 saturated heterocycles. The summed E-state index contributed by atoms with van der Waals surface area (Å²) < 4.78 is 0. The van der Waals surface area contributed by atoms with Gasteiger partial charge in [0.25, 0.3) is 0 Å². The van der Waals surface area contributed by atoms with Crippen molar-refractivity contribution < 1.29 is 0 Å². The van der Waals surface area contributed by atoms with Gasteiger partial charge in [-0.05, 0) is 50.9 Å². The lowest BCUT2D eigenvalue weighted by Crippen LogP contribution is -2.36. The number of hydrogen-bond acceptors (Lipinski definition) is 4. The summed E-state index contributed by atoms with van der Waals surface area (Å²) >= 11 is 0. The Kier molecular flexibility index (Phi) is 6.58. The van der Waals surface area contributed by atoms with Crippen molar-refractivity contribution in [2.75, 3.05) is 0 Å². The number of aliphatic imine (C=N–C) groups is 2. The summed E-state index contributed by atoms with van der Waals surface area (Å²) in [7, 11) is 0. The predicted molar refractivity (Wildman–Crippen MR) is 182 cm³/mol. The third kappa shape index (κ3) is 4.77. The van der Waals surface area contributed by atoms with Crippen LogP contribution < -0.4 is 10.6 Å². The Morgan fingerprint density at radius 1 is 0.545 bits per heavy atom. The van der Waals surface area contributed by atoms with Gasteiger partial charge in [-0.15, -0.1) is 0 Å². The fourth-order valence-electron chi connectivity index (χ4n) is 6.26. The van der Waals surface area contributed by atoms with Crippen molar-refractivity contribution in [3.8, 4) is 11.1 Å². The second-order valence-electron chi connectivity index (χ2n) is 11.1. The first-order chi connectivity index (χ1) is 21.8. The lowest BCUT2D eigenvalue weighted by molar-refractivity contribution is 0.764. The van der Waals surface area contributed by atoms with Crippen LogP contribution in [0.5, 0.6) is 0 Å². The normalized spacial score (nSPS) is 17.5. The van der Waals surface area contributed by atoms with Crippen LogP contribution in [0.2, 0.25) is 0 Å². The standard InChI is InChI=1S/C40H30N4/c1-3-12-30(13-4-1)38-42-39(31-14-5-2-6-15-31)44-40(43-38)37-33-16-8-7-11-27(33)23-24-34(37)29-21-19-28(20-22-29)32-25-26-41-36-18-10-9-17-35(32)36/h1-26,36,40-41H,(H,42,43,44). The molecule has 8 rings (SSSR count). The van der Waals surface area contributed by atoms with Gasteiger partial charge in [-0.3, -0.25) is 0 Å². The van der Waals surface area contributed by atoms with E-state index in [4.69, 9.17) is 9.98 Å². The number of nitrogens with zero attached hydrogens (tertiary/aromatic N) is 2. The van der Waals surface area contributed by atoms with Crippen molar-refractivity contribution in [3.05, 3.63) is 186 Å². The van der Waals surface area contributed by atoms with Crippen LogP contribution in [0.25, 0.3) is 27.5 Å². The van der Waals surface area contributed by atoms with Crippen LogP contribution in [0.4, 0.5) is 0 Å². The number of allylic oxidation sites excluding steroid dienone is 4. The van der Waals surface area contributed by atoms with E-state index in [1.807, 2.05) is 42.6 Å². The van der Waals surface area contributed by atoms with Crippen LogP contribution in [-0.4, -0.2) is 17.7 Å². The van der Waals surface area contributed by atoms with Gasteiger partial charge in [0.2, 0.25) is 0 Å². The minimum Gasteiger partial charge on any atom is -0.381 e. The van der Waals surface area contributed by atoms with E-state index in [9.17, 15) is 0 Å². The van der Waals surface area contributed by atoms with E-state index in [0.717, 1.165) is 44.9 Å². The van der Waals surface area contributed by atoms with Crippen molar-refractivity contribution in [2.24, 2.45) is 9.98 Å². The smallest absolute Gasteiger partial charge is 0.170 e. The van der Waals surface area contributed by atoms with Crippen molar-refractivity contribution in [1.82, 2.24) is 10.6 Å². The van der Waals surface area contributed by atoms with Crippen LogP contribution >= 0.6 is 0 Å². The van der Waals surface area contributed by atoms with Crippen molar-refractivity contribution in [2.45, 2.75) is 12.2 Å². The second-order valence-corrected chi connectivity index (χ2v) is 11.1. The highest BCUT2D eigenvalue weighted by atomic mass is 15.2. The van der Waals surface area contributed by atoms with E-state index in [0.29, 0.717) is 0 Å². The summed E-state index contributed by atoms with van der Waals surface area (Å²) in [5.74, 6) is 1.63. The first-order valence-electron chi connectivity index (χ1n) is 15.0. The minimum absolute atomic E-state index is 0.208. The monoisotopic (exact) mass is 566 g/mol. The van der Waals surface area contributed by atoms with Gasteiger partial charge >= 0.3 is 0 Å². The van der Waals surface area contributed by atoms with Crippen LogP contribution in [-0.2, 0) is 0 Å². The van der Waals surface area contributed by atoms with Crippen molar-refractivity contribution in [3.63, 3.8) is 0 Å². The third-order valence-corrected chi connectivity index (χ3v) is 8.43. The minimum atomic E-state index is -0.431. The maximum absolute atomic E-state index is 5.25. The number of benzene rings is 5. The van der Waals surface area contributed by atoms with E-state index in [1.54, 1.807) is 0 Å². The molecule has 44 heavy (non-hydrogen) atoms. The quantitative estimate of drug-likeness (QED) is 0.225. The number of fused-ring (bicyclic) bond motifs is 2. The molecule has 2 heterocycles. The molecule has 3 aliphatic rings. The molecule has 0 spiro atoms. The highest BCUT2D eigenvalue weighted by Crippen LogP contribution is 2.39. The van der Waals surface area contributed by atoms with Crippen LogP contribution in [0.3, 0.4) is 0 Å². The molecule has 0 fully saturated rings. The Hall–Kier alpha value is -5.74. The average molecular weight is 567 g/mol. The molecule has 4 nitrogen and oxygen atoms in total. The van der Waals surface area contributed by atoms with Gasteiger partial charge in [0.1, 0.15) is 11.7 Å². The van der Waals surface area contributed by atoms with Crippen molar-refractivity contribution in [1.29, 1.82) is 0 Å². The molecular weight excluding hydrogens is 536 g/mol. The summed E-state index contributed by atoms with van der Waals surface area (Å²) in [6, 6.07) is 42.7. The maximum atomic E-state index is 5.25. The van der Waals surface area contributed by atoms with Gasteiger partial charge in [0, 0.05) is 16.7 Å². The highest BCUT2D eigenvalue weighted by molar-refractivity contribution is 6.16. The molecule has 0 aromatic heterocycles. The number of hydrogen-bond donors (Lipinski definition) is 2. The predicted octanol–water partition coefficient (Wildman–Crippen LogP) is 8.37. The summed E-state index contributed by atoms with van der Waals surface area (Å²) in [5, 5.41) is 9.30. The molecule has 210 valence electrons. The fourth-order valence-corrected chi connectivity index (χ4v) is 6.26. The van der Waals surface area contributed by atoms with Crippen LogP contribution in [0.15, 0.2) is 173 Å². The Bertz CT molecular complexity index is 1990. The van der Waals surface area contributed by atoms with Gasteiger partial charge in [-0.2, -0.15) is 0 Å². The Morgan fingerprint density at radius 3 is 1.93 bits per heavy atom. The largest absolute Gasteiger partial charge is 0.381 e. The summed E-state index contributed by atoms with van der Waals surface area (Å²) in [6.45, 7) is 0. The lowest BCUT2D eigenvalue weighted by atomic mass is 9.88. The molecule has 2 N–H and O–H groups in total. The summed E-state index contributed by atoms with van der Waals surface area (Å²) in [4.78, 5) is 10.5. The first kappa shape index (κ1) is 25.9. The van der Waals surface area contributed by atoms with E-state index in [2.05, 4.69) is 126 Å². The molecule has 0 amide bonds. The molecule has 1 atom stereocenters. The zero-order valence-electron chi connectivity index (χ0n) is 24.1. The molecule has 2 aliphatic heterocycles. The molecule has 0 radical (unpaired) electrons. The van der Waals surface area contributed by atoms with Crippen LogP contribution in [0, 0.1) is 0 Å². The summed E-state index contributed by atoms with van der Waals surface area (Å²) in [5.41, 5.74) is 9.16. The van der Waals surface area contributed by atoms with Crippen molar-refractivity contribution >= 4 is 28.0 Å². The van der Waals surface area contributed by atoms with Gasteiger partial charge < -0.3 is 10.6 Å². The topological polar surface area (TPSA) is 48.8 Å². The Morgan fingerprint density at radius 2 is 1.20 bits per heavy atom. The molecule has 5 aromatic carbocycles. The number of dihydropyridines is 1. The zero-order valence-corrected chi connectivity index (χ0v) is 24.1. The molecule has 1 aliphatic carbocycles. The highest BCUT2D eigenvalue weighted by Gasteiger charge is 2.25.